The molecule has 80 valence electrons. The van der Waals surface area contributed by atoms with E-state index in [4.69, 9.17) is 19.6 Å². The minimum absolute atomic E-state index is 0.325. The van der Waals surface area contributed by atoms with E-state index in [0.29, 0.717) is 13.2 Å². The average Bonchev–Trinajstić information content (AvgIpc) is 2.19. The third kappa shape index (κ3) is 9.18. The van der Waals surface area contributed by atoms with Crippen LogP contribution < -0.4 is 0 Å². The van der Waals surface area contributed by atoms with Crippen molar-refractivity contribution in [1.82, 2.24) is 0 Å². The first-order valence-electron chi connectivity index (χ1n) is 3.83. The second-order valence-electron chi connectivity index (χ2n) is 1.69. The summed E-state index contributed by atoms with van der Waals surface area (Å²) in [4.78, 5) is 0. The van der Waals surface area contributed by atoms with Crippen molar-refractivity contribution >= 4 is 7.82 Å². The summed E-state index contributed by atoms with van der Waals surface area (Å²) < 4.78 is 25.1. The van der Waals surface area contributed by atoms with Gasteiger partial charge in [-0.3, -0.25) is 13.6 Å². The first kappa shape index (κ1) is 15.6. The second kappa shape index (κ2) is 10.2. The average molecular weight is 220 g/mol. The molecule has 0 rings (SSSR count). The Morgan fingerprint density at radius 2 is 1.50 bits per heavy atom. The third-order valence-electron chi connectivity index (χ3n) is 0.848. The van der Waals surface area contributed by atoms with Crippen LogP contribution in [0.5, 0.6) is 0 Å². The molecule has 7 heteroatoms. The van der Waals surface area contributed by atoms with Crippen molar-refractivity contribution in [2.45, 2.75) is 13.8 Å². The van der Waals surface area contributed by atoms with Gasteiger partial charge in [0.25, 0.3) is 0 Å². The minimum atomic E-state index is -3.20. The predicted molar refractivity (Wildman–Crippen MR) is 49.1 cm³/mol. The second-order valence-corrected chi connectivity index (χ2v) is 3.46. The van der Waals surface area contributed by atoms with Crippen LogP contribution in [0.3, 0.4) is 0 Å². The zero-order chi connectivity index (χ0) is 11.4. The van der Waals surface area contributed by atoms with Gasteiger partial charge in [-0.25, -0.2) is 4.57 Å². The predicted octanol–water partition coefficient (Wildman–Crippen LogP) is 1.85. The van der Waals surface area contributed by atoms with Gasteiger partial charge >= 0.3 is 7.82 Å². The summed E-state index contributed by atoms with van der Waals surface area (Å²) >= 11 is 0. The van der Waals surface area contributed by atoms with E-state index in [-0.39, 0.29) is 0 Å². The lowest BCUT2D eigenvalue weighted by Crippen LogP contribution is -1.96. The van der Waals surface area contributed by atoms with Crippen molar-refractivity contribution in [3.05, 3.63) is 0 Å². The quantitative estimate of drug-likeness (QED) is 0.656. The summed E-state index contributed by atoms with van der Waals surface area (Å²) in [5, 5.41) is 14.5. The molecule has 0 saturated heterocycles. The Kier molecular flexibility index (Phi) is 11.3. The number of phosphoric ester groups is 1. The normalized spacial score (nSPS) is 9.21. The van der Waals surface area contributed by atoms with Crippen molar-refractivity contribution in [3.8, 4) is 12.1 Å². The Labute approximate surface area is 83.6 Å². The van der Waals surface area contributed by atoms with Gasteiger partial charge in [-0.15, -0.1) is 0 Å². The summed E-state index contributed by atoms with van der Waals surface area (Å²) in [5.74, 6) is 0. The lowest BCUT2D eigenvalue weighted by Gasteiger charge is -2.12. The highest BCUT2D eigenvalue weighted by Gasteiger charge is 2.22. The molecule has 0 aromatic heterocycles. The molecule has 0 amide bonds. The summed E-state index contributed by atoms with van der Waals surface area (Å²) in [6.07, 6.45) is 0. The van der Waals surface area contributed by atoms with Crippen molar-refractivity contribution in [2.75, 3.05) is 20.3 Å². The lowest BCUT2D eigenvalue weighted by molar-refractivity contribution is 0.141. The summed E-state index contributed by atoms with van der Waals surface area (Å²) in [5.41, 5.74) is 0. The van der Waals surface area contributed by atoms with E-state index >= 15 is 0 Å². The molecule has 0 bridgehead atoms. The molecule has 0 fully saturated rings. The van der Waals surface area contributed by atoms with Crippen LogP contribution in [-0.2, 0) is 18.1 Å². The molecule has 0 radical (unpaired) electrons. The Bertz CT molecular complexity index is 233. The lowest BCUT2D eigenvalue weighted by atomic mass is 10.9. The molecule has 0 aliphatic heterocycles. The molecule has 0 unspecified atom stereocenters. The van der Waals surface area contributed by atoms with Gasteiger partial charge < -0.3 is 0 Å². The largest absolute Gasteiger partial charge is 0.474 e. The van der Waals surface area contributed by atoms with Crippen molar-refractivity contribution in [1.29, 1.82) is 10.5 Å². The molecule has 0 spiro atoms. The van der Waals surface area contributed by atoms with Crippen LogP contribution >= 0.6 is 7.82 Å². The van der Waals surface area contributed by atoms with Gasteiger partial charge in [-0.05, 0) is 13.8 Å². The molecule has 6 nitrogen and oxygen atoms in total. The number of hydrogen-bond acceptors (Lipinski definition) is 6. The molecular formula is C7H13N2O4P. The van der Waals surface area contributed by atoms with E-state index in [1.165, 1.54) is 19.2 Å². The van der Waals surface area contributed by atoms with E-state index < -0.39 is 7.82 Å². The SMILES string of the molecule is CCOP(=O)(OC)OCC.N#CC#N. The maximum Gasteiger partial charge on any atom is 0.474 e. The molecule has 0 heterocycles. The standard InChI is InChI=1S/C5H13O4P.C2N2/c1-4-8-10(6,7-3)9-5-2;3-1-2-4/h4-5H2,1-3H3;. The van der Waals surface area contributed by atoms with E-state index in [0.717, 1.165) is 0 Å². The van der Waals surface area contributed by atoms with E-state index in [2.05, 4.69) is 4.52 Å². The number of rotatable bonds is 5. The Balaban J connectivity index is 0. The van der Waals surface area contributed by atoms with Crippen molar-refractivity contribution in [3.63, 3.8) is 0 Å². The van der Waals surface area contributed by atoms with Crippen LogP contribution in [-0.4, -0.2) is 20.3 Å². The highest BCUT2D eigenvalue weighted by molar-refractivity contribution is 7.48. The van der Waals surface area contributed by atoms with Gasteiger partial charge in [-0.2, -0.15) is 10.5 Å². The molecule has 0 aromatic rings. The molecule has 0 aliphatic rings. The highest BCUT2D eigenvalue weighted by atomic mass is 31.2. The van der Waals surface area contributed by atoms with Crippen molar-refractivity contribution < 1.29 is 18.1 Å². The minimum Gasteiger partial charge on any atom is -0.290 e. The van der Waals surface area contributed by atoms with Crippen LogP contribution in [0, 0.1) is 22.7 Å². The summed E-state index contributed by atoms with van der Waals surface area (Å²) in [6, 6.07) is 2.47. The fourth-order valence-corrected chi connectivity index (χ4v) is 1.38. The van der Waals surface area contributed by atoms with Gasteiger partial charge in [0, 0.05) is 7.11 Å². The van der Waals surface area contributed by atoms with Crippen LogP contribution in [0.25, 0.3) is 0 Å². The molecule has 0 aromatic carbocycles. The van der Waals surface area contributed by atoms with Crippen LogP contribution in [0.2, 0.25) is 0 Å². The van der Waals surface area contributed by atoms with Gasteiger partial charge in [0.15, 0.2) is 12.1 Å². The van der Waals surface area contributed by atoms with E-state index in [9.17, 15) is 4.57 Å². The van der Waals surface area contributed by atoms with Crippen molar-refractivity contribution in [2.24, 2.45) is 0 Å². The van der Waals surface area contributed by atoms with Crippen LogP contribution in [0.1, 0.15) is 13.8 Å². The number of hydrogen-bond donors (Lipinski definition) is 0. The first-order chi connectivity index (χ1) is 6.60. The maximum atomic E-state index is 11.1. The fraction of sp³-hybridized carbons (Fsp3) is 0.714. The van der Waals surface area contributed by atoms with Gasteiger partial charge in [0.1, 0.15) is 0 Å². The number of phosphoric acid groups is 1. The third-order valence-corrected chi connectivity index (χ3v) is 2.44. The van der Waals surface area contributed by atoms with Gasteiger partial charge in [0.05, 0.1) is 13.2 Å². The smallest absolute Gasteiger partial charge is 0.290 e. The van der Waals surface area contributed by atoms with Gasteiger partial charge in [0.2, 0.25) is 0 Å². The molecule has 0 N–H and O–H groups in total. The van der Waals surface area contributed by atoms with E-state index in [1.807, 2.05) is 0 Å². The number of nitriles is 2. The van der Waals surface area contributed by atoms with E-state index in [1.54, 1.807) is 13.8 Å². The highest BCUT2D eigenvalue weighted by Crippen LogP contribution is 2.47. The van der Waals surface area contributed by atoms with Gasteiger partial charge in [-0.1, -0.05) is 0 Å². The van der Waals surface area contributed by atoms with Crippen LogP contribution in [0.15, 0.2) is 0 Å². The first-order valence-corrected chi connectivity index (χ1v) is 5.29. The summed E-state index contributed by atoms with van der Waals surface area (Å²) in [7, 11) is -1.90. The molecule has 14 heavy (non-hydrogen) atoms. The number of nitrogens with zero attached hydrogens (tertiary/aromatic N) is 2. The Morgan fingerprint density at radius 1 is 1.14 bits per heavy atom. The molecule has 0 aliphatic carbocycles. The molecule has 0 atom stereocenters. The topological polar surface area (TPSA) is 92.3 Å². The fourth-order valence-electron chi connectivity index (χ4n) is 0.459. The van der Waals surface area contributed by atoms with Crippen LogP contribution in [0.4, 0.5) is 0 Å². The molecule has 0 saturated carbocycles. The zero-order valence-corrected chi connectivity index (χ0v) is 9.28. The molecular weight excluding hydrogens is 207 g/mol. The monoisotopic (exact) mass is 220 g/mol. The Morgan fingerprint density at radius 3 is 1.64 bits per heavy atom. The summed E-state index contributed by atoms with van der Waals surface area (Å²) in [6.45, 7) is 4.10. The maximum absolute atomic E-state index is 11.1. The zero-order valence-electron chi connectivity index (χ0n) is 8.39. The Hall–Kier alpha value is -0.910.